The van der Waals surface area contributed by atoms with Gasteiger partial charge in [0.25, 0.3) is 0 Å². The highest BCUT2D eigenvalue weighted by molar-refractivity contribution is 7.22. The van der Waals surface area contributed by atoms with Crippen molar-refractivity contribution in [1.82, 2.24) is 9.88 Å². The fraction of sp³-hybridized carbons (Fsp3) is 0.632. The van der Waals surface area contributed by atoms with Crippen LogP contribution >= 0.6 is 11.3 Å². The van der Waals surface area contributed by atoms with Crippen molar-refractivity contribution in [2.45, 2.75) is 44.2 Å². The van der Waals surface area contributed by atoms with Crippen molar-refractivity contribution in [3.8, 4) is 0 Å². The number of benzene rings is 1. The van der Waals surface area contributed by atoms with Gasteiger partial charge < -0.3 is 20.0 Å². The molecular weight excluding hydrogens is 334 g/mol. The molecule has 2 fully saturated rings. The zero-order valence-electron chi connectivity index (χ0n) is 15.0. The second-order valence-electron chi connectivity index (χ2n) is 7.01. The maximum Gasteiger partial charge on any atom is 0.186 e. The van der Waals surface area contributed by atoms with E-state index in [4.69, 9.17) is 5.11 Å². The summed E-state index contributed by atoms with van der Waals surface area (Å²) in [7, 11) is 1.98. The minimum absolute atomic E-state index is 0.160. The Labute approximate surface area is 153 Å². The van der Waals surface area contributed by atoms with Crippen molar-refractivity contribution in [1.29, 1.82) is 0 Å². The molecule has 2 saturated heterocycles. The summed E-state index contributed by atoms with van der Waals surface area (Å²) in [5.74, 6) is 0. The molecule has 2 unspecified atom stereocenters. The van der Waals surface area contributed by atoms with E-state index in [1.165, 1.54) is 42.2 Å². The number of likely N-dealkylation sites (tertiary alicyclic amines) is 1. The van der Waals surface area contributed by atoms with Crippen LogP contribution in [0.3, 0.4) is 0 Å². The van der Waals surface area contributed by atoms with Crippen LogP contribution in [0.2, 0.25) is 0 Å². The van der Waals surface area contributed by atoms with Crippen molar-refractivity contribution in [3.63, 3.8) is 0 Å². The highest BCUT2D eigenvalue weighted by Gasteiger charge is 2.23. The molecule has 1 aromatic carbocycles. The molecule has 2 atom stereocenters. The lowest BCUT2D eigenvalue weighted by Gasteiger charge is -2.33. The third-order valence-electron chi connectivity index (χ3n) is 5.10. The molecule has 0 radical (unpaired) electrons. The summed E-state index contributed by atoms with van der Waals surface area (Å²) in [5.41, 5.74) is 1.14. The standard InChI is InChI=1S/C12H14N2S.C7H15NO2/c1-4-8-14(9-5-1)12-13-10-6-2-3-7-11(10)15-12;1-8-3-2-7(10)4-6(8)5-9/h2-3,6-7H,1,4-5,8-9H2;6-7,9-10H,2-5H2,1H3. The van der Waals surface area contributed by atoms with Crippen LogP contribution in [0.5, 0.6) is 0 Å². The Morgan fingerprint density at radius 1 is 1.16 bits per heavy atom. The molecule has 1 aromatic heterocycles. The number of thiazole rings is 1. The van der Waals surface area contributed by atoms with Crippen molar-refractivity contribution >= 4 is 26.7 Å². The summed E-state index contributed by atoms with van der Waals surface area (Å²) in [4.78, 5) is 9.20. The molecular formula is C19H29N3O2S. The van der Waals surface area contributed by atoms with Gasteiger partial charge in [0.15, 0.2) is 5.13 Å². The molecule has 6 heteroatoms. The van der Waals surface area contributed by atoms with E-state index in [1.807, 2.05) is 18.4 Å². The van der Waals surface area contributed by atoms with Crippen LogP contribution in [-0.2, 0) is 0 Å². The van der Waals surface area contributed by atoms with Crippen LogP contribution < -0.4 is 4.90 Å². The molecule has 3 heterocycles. The summed E-state index contributed by atoms with van der Waals surface area (Å²) < 4.78 is 1.30. The van der Waals surface area contributed by atoms with Gasteiger partial charge in [0.05, 0.1) is 22.9 Å². The minimum Gasteiger partial charge on any atom is -0.395 e. The molecule has 0 aliphatic carbocycles. The number of anilines is 1. The maximum absolute atomic E-state index is 9.19. The monoisotopic (exact) mass is 363 g/mol. The van der Waals surface area contributed by atoms with Gasteiger partial charge in [-0.15, -0.1) is 0 Å². The Morgan fingerprint density at radius 2 is 1.92 bits per heavy atom. The fourth-order valence-corrected chi connectivity index (χ4v) is 4.46. The van der Waals surface area contributed by atoms with E-state index < -0.39 is 0 Å². The third kappa shape index (κ3) is 4.91. The lowest BCUT2D eigenvalue weighted by Crippen LogP contribution is -2.43. The zero-order chi connectivity index (χ0) is 17.6. The first kappa shape index (κ1) is 18.6. The van der Waals surface area contributed by atoms with Gasteiger partial charge in [0, 0.05) is 25.7 Å². The van der Waals surface area contributed by atoms with Crippen molar-refractivity contribution in [2.24, 2.45) is 0 Å². The van der Waals surface area contributed by atoms with Crippen molar-refractivity contribution < 1.29 is 10.2 Å². The Hall–Kier alpha value is -1.21. The number of aliphatic hydroxyl groups excluding tert-OH is 2. The number of rotatable bonds is 2. The molecule has 2 aliphatic heterocycles. The summed E-state index contributed by atoms with van der Waals surface area (Å²) in [6.45, 7) is 3.42. The number of nitrogens with zero attached hydrogens (tertiary/aromatic N) is 3. The van der Waals surface area contributed by atoms with Crippen LogP contribution in [0, 0.1) is 0 Å². The van der Waals surface area contributed by atoms with E-state index in [1.54, 1.807) is 0 Å². The molecule has 25 heavy (non-hydrogen) atoms. The third-order valence-corrected chi connectivity index (χ3v) is 6.20. The number of hydrogen-bond acceptors (Lipinski definition) is 6. The highest BCUT2D eigenvalue weighted by Crippen LogP contribution is 2.30. The molecule has 2 aromatic rings. The molecule has 2 N–H and O–H groups in total. The SMILES string of the molecule is CN1CCC(O)CC1CO.c1ccc2sc(N3CCCCC3)nc2c1. The van der Waals surface area contributed by atoms with Crippen LogP contribution in [0.4, 0.5) is 5.13 Å². The molecule has 0 bridgehead atoms. The molecule has 5 nitrogen and oxygen atoms in total. The number of hydrogen-bond donors (Lipinski definition) is 2. The average molecular weight is 364 g/mol. The van der Waals surface area contributed by atoms with Crippen LogP contribution in [0.1, 0.15) is 32.1 Å². The van der Waals surface area contributed by atoms with Gasteiger partial charge in [-0.25, -0.2) is 4.98 Å². The van der Waals surface area contributed by atoms with Crippen LogP contribution in [0.15, 0.2) is 24.3 Å². The predicted molar refractivity (Wildman–Crippen MR) is 104 cm³/mol. The number of likely N-dealkylation sites (N-methyl/N-ethyl adjacent to an activating group) is 1. The minimum atomic E-state index is -0.201. The Bertz CT molecular complexity index is 624. The van der Waals surface area contributed by atoms with Crippen LogP contribution in [-0.4, -0.2) is 65.5 Å². The van der Waals surface area contributed by atoms with Gasteiger partial charge in [-0.3, -0.25) is 0 Å². The fourth-order valence-electron chi connectivity index (χ4n) is 3.44. The van der Waals surface area contributed by atoms with Gasteiger partial charge >= 0.3 is 0 Å². The first-order valence-electron chi connectivity index (χ1n) is 9.27. The van der Waals surface area contributed by atoms with E-state index in [9.17, 15) is 5.11 Å². The normalized spacial score (nSPS) is 24.8. The van der Waals surface area contributed by atoms with E-state index in [-0.39, 0.29) is 18.8 Å². The number of aliphatic hydroxyl groups is 2. The largest absolute Gasteiger partial charge is 0.395 e. The number of fused-ring (bicyclic) bond motifs is 1. The molecule has 0 amide bonds. The van der Waals surface area contributed by atoms with Gasteiger partial charge in [-0.1, -0.05) is 23.5 Å². The van der Waals surface area contributed by atoms with Crippen molar-refractivity contribution in [3.05, 3.63) is 24.3 Å². The quantitative estimate of drug-likeness (QED) is 0.859. The predicted octanol–water partition coefficient (Wildman–Crippen LogP) is 2.72. The summed E-state index contributed by atoms with van der Waals surface area (Å²) in [6.07, 6.45) is 5.36. The summed E-state index contributed by atoms with van der Waals surface area (Å²) in [6, 6.07) is 8.56. The summed E-state index contributed by atoms with van der Waals surface area (Å²) >= 11 is 1.82. The lowest BCUT2D eigenvalue weighted by molar-refractivity contribution is 0.0307. The van der Waals surface area contributed by atoms with E-state index in [0.717, 1.165) is 18.5 Å². The van der Waals surface area contributed by atoms with Gasteiger partial charge in [-0.2, -0.15) is 0 Å². The van der Waals surface area contributed by atoms with Crippen LogP contribution in [0.25, 0.3) is 10.2 Å². The summed E-state index contributed by atoms with van der Waals surface area (Å²) in [5, 5.41) is 19.2. The first-order chi connectivity index (χ1) is 12.2. The number of para-hydroxylation sites is 1. The van der Waals surface area contributed by atoms with Gasteiger partial charge in [-0.05, 0) is 51.3 Å². The zero-order valence-corrected chi connectivity index (χ0v) is 15.8. The molecule has 4 rings (SSSR count). The second-order valence-corrected chi connectivity index (χ2v) is 8.02. The molecule has 138 valence electrons. The Kier molecular flexibility index (Phi) is 6.64. The Morgan fingerprint density at radius 3 is 2.60 bits per heavy atom. The van der Waals surface area contributed by atoms with E-state index in [0.29, 0.717) is 6.42 Å². The maximum atomic E-state index is 9.19. The van der Waals surface area contributed by atoms with E-state index >= 15 is 0 Å². The lowest BCUT2D eigenvalue weighted by atomic mass is 10.0. The van der Waals surface area contributed by atoms with Gasteiger partial charge in [0.2, 0.25) is 0 Å². The Balaban J connectivity index is 0.000000160. The second kappa shape index (κ2) is 8.94. The number of aromatic nitrogens is 1. The van der Waals surface area contributed by atoms with E-state index in [2.05, 4.69) is 39.0 Å². The average Bonchev–Trinajstić information content (AvgIpc) is 3.09. The topological polar surface area (TPSA) is 59.8 Å². The number of piperidine rings is 2. The highest BCUT2D eigenvalue weighted by atomic mass is 32.1. The van der Waals surface area contributed by atoms with Gasteiger partial charge in [0.1, 0.15) is 0 Å². The first-order valence-corrected chi connectivity index (χ1v) is 10.1. The van der Waals surface area contributed by atoms with Crippen molar-refractivity contribution in [2.75, 3.05) is 38.2 Å². The molecule has 2 aliphatic rings. The molecule has 0 saturated carbocycles. The smallest absolute Gasteiger partial charge is 0.186 e. The molecule has 0 spiro atoms.